The molecule has 2 aromatic carbocycles. The van der Waals surface area contributed by atoms with Gasteiger partial charge in [0.2, 0.25) is 0 Å². The molecule has 0 atom stereocenters. The van der Waals surface area contributed by atoms with E-state index in [1.807, 2.05) is 24.3 Å². The summed E-state index contributed by atoms with van der Waals surface area (Å²) in [7, 11) is 3.79. The van der Waals surface area contributed by atoms with Gasteiger partial charge in [-0.25, -0.2) is 0 Å². The predicted molar refractivity (Wildman–Crippen MR) is 122 cm³/mol. The van der Waals surface area contributed by atoms with Crippen LogP contribution in [0.2, 0.25) is 0 Å². The second kappa shape index (κ2) is 9.27. The van der Waals surface area contributed by atoms with Crippen LogP contribution in [0.4, 0.5) is 0 Å². The second-order valence-corrected chi connectivity index (χ2v) is 7.79. The number of aromatic nitrogens is 1. The van der Waals surface area contributed by atoms with E-state index in [-0.39, 0.29) is 5.56 Å². The van der Waals surface area contributed by atoms with Gasteiger partial charge in [0.25, 0.3) is 5.56 Å². The van der Waals surface area contributed by atoms with Crippen LogP contribution in [0.25, 0.3) is 22.0 Å². The molecule has 0 bridgehead atoms. The Hall–Kier alpha value is -2.91. The van der Waals surface area contributed by atoms with E-state index >= 15 is 0 Å². The van der Waals surface area contributed by atoms with Gasteiger partial charge >= 0.3 is 0 Å². The number of H-pyrrole nitrogens is 1. The van der Waals surface area contributed by atoms with Gasteiger partial charge in [0, 0.05) is 61.9 Å². The van der Waals surface area contributed by atoms with E-state index in [4.69, 9.17) is 4.74 Å². The summed E-state index contributed by atoms with van der Waals surface area (Å²) in [4.78, 5) is 20.5. The molecular formula is C25H27N3O2. The first-order valence-electron chi connectivity index (χ1n) is 10.3. The summed E-state index contributed by atoms with van der Waals surface area (Å²) < 4.78 is 5.02. The number of pyridine rings is 1. The van der Waals surface area contributed by atoms with Gasteiger partial charge < -0.3 is 14.6 Å². The second-order valence-electron chi connectivity index (χ2n) is 7.79. The molecule has 1 aliphatic heterocycles. The van der Waals surface area contributed by atoms with Crippen LogP contribution in [-0.2, 0) is 11.3 Å². The van der Waals surface area contributed by atoms with E-state index in [1.54, 1.807) is 7.11 Å². The molecular weight excluding hydrogens is 374 g/mol. The smallest absolute Gasteiger partial charge is 0.256 e. The van der Waals surface area contributed by atoms with Gasteiger partial charge in [-0.2, -0.15) is 0 Å². The molecule has 1 aromatic heterocycles. The highest BCUT2D eigenvalue weighted by molar-refractivity contribution is 5.90. The Morgan fingerprint density at radius 2 is 1.80 bits per heavy atom. The Balaban J connectivity index is 1.60. The molecule has 1 fully saturated rings. The van der Waals surface area contributed by atoms with Crippen molar-refractivity contribution in [3.63, 3.8) is 0 Å². The van der Waals surface area contributed by atoms with Gasteiger partial charge in [0.05, 0.1) is 0 Å². The number of rotatable bonds is 4. The predicted octanol–water partition coefficient (Wildman–Crippen LogP) is 2.94. The van der Waals surface area contributed by atoms with Crippen molar-refractivity contribution < 1.29 is 4.74 Å². The monoisotopic (exact) mass is 401 g/mol. The number of piperazine rings is 1. The van der Waals surface area contributed by atoms with Crippen molar-refractivity contribution in [2.24, 2.45) is 0 Å². The van der Waals surface area contributed by atoms with Crippen molar-refractivity contribution in [1.82, 2.24) is 14.8 Å². The van der Waals surface area contributed by atoms with Gasteiger partial charge in [-0.15, -0.1) is 0 Å². The quantitative estimate of drug-likeness (QED) is 0.683. The topological polar surface area (TPSA) is 48.6 Å². The molecule has 0 radical (unpaired) electrons. The van der Waals surface area contributed by atoms with Crippen LogP contribution in [0.3, 0.4) is 0 Å². The average Bonchev–Trinajstić information content (AvgIpc) is 2.76. The third-order valence-electron chi connectivity index (χ3n) is 5.59. The first-order valence-corrected chi connectivity index (χ1v) is 10.3. The van der Waals surface area contributed by atoms with Crippen molar-refractivity contribution in [1.29, 1.82) is 0 Å². The van der Waals surface area contributed by atoms with Crippen LogP contribution in [-0.4, -0.2) is 61.7 Å². The van der Waals surface area contributed by atoms with Crippen LogP contribution in [0, 0.1) is 11.8 Å². The van der Waals surface area contributed by atoms with Crippen LogP contribution < -0.4 is 5.56 Å². The molecule has 1 N–H and O–H groups in total. The third kappa shape index (κ3) is 4.63. The number of fused-ring (bicyclic) bond motifs is 1. The zero-order valence-corrected chi connectivity index (χ0v) is 17.6. The van der Waals surface area contributed by atoms with Crippen molar-refractivity contribution in [3.05, 3.63) is 70.0 Å². The zero-order chi connectivity index (χ0) is 20.9. The van der Waals surface area contributed by atoms with Crippen molar-refractivity contribution in [2.45, 2.75) is 6.54 Å². The van der Waals surface area contributed by atoms with Crippen LogP contribution >= 0.6 is 0 Å². The molecule has 30 heavy (non-hydrogen) atoms. The molecule has 0 unspecified atom stereocenters. The zero-order valence-electron chi connectivity index (χ0n) is 17.6. The highest BCUT2D eigenvalue weighted by atomic mass is 16.5. The van der Waals surface area contributed by atoms with E-state index in [2.05, 4.69) is 57.9 Å². The Bertz CT molecular complexity index is 1130. The van der Waals surface area contributed by atoms with E-state index < -0.39 is 0 Å². The Morgan fingerprint density at radius 3 is 2.53 bits per heavy atom. The Kier molecular flexibility index (Phi) is 6.29. The number of likely N-dealkylation sites (N-methyl/N-ethyl adjacent to an activating group) is 1. The highest BCUT2D eigenvalue weighted by Gasteiger charge is 2.14. The highest BCUT2D eigenvalue weighted by Crippen LogP contribution is 2.23. The molecule has 0 amide bonds. The lowest BCUT2D eigenvalue weighted by Gasteiger charge is -2.32. The summed E-state index contributed by atoms with van der Waals surface area (Å²) in [5.41, 5.74) is 3.83. The lowest BCUT2D eigenvalue weighted by molar-refractivity contribution is 0.148. The number of hydrogen-bond acceptors (Lipinski definition) is 4. The molecule has 2 heterocycles. The number of methoxy groups -OCH3 is 1. The van der Waals surface area contributed by atoms with Crippen molar-refractivity contribution >= 4 is 10.8 Å². The first-order chi connectivity index (χ1) is 14.6. The fraction of sp³-hybridized carbons (Fsp3) is 0.320. The fourth-order valence-electron chi connectivity index (χ4n) is 3.81. The summed E-state index contributed by atoms with van der Waals surface area (Å²) in [6.07, 6.45) is 0. The average molecular weight is 402 g/mol. The standard InChI is InChI=1S/C25H27N3O2/c1-27-12-14-28(15-13-27)18-19-8-10-21(11-9-19)24-17-23-20(6-4-16-30-2)5-3-7-22(23)25(29)26-24/h3,5,7-11,17H,12-16,18H2,1-2H3,(H,26,29). The van der Waals surface area contributed by atoms with Gasteiger partial charge in [-0.3, -0.25) is 9.69 Å². The number of nitrogens with one attached hydrogen (secondary N) is 1. The van der Waals surface area contributed by atoms with E-state index in [0.29, 0.717) is 12.0 Å². The van der Waals surface area contributed by atoms with E-state index in [0.717, 1.165) is 54.9 Å². The molecule has 0 saturated carbocycles. The van der Waals surface area contributed by atoms with Gasteiger partial charge in [-0.1, -0.05) is 42.2 Å². The SMILES string of the molecule is COCC#Cc1cccc2c(=O)[nH]c(-c3ccc(CN4CCN(C)CC4)cc3)cc12. The molecule has 5 heteroatoms. The molecule has 5 nitrogen and oxygen atoms in total. The van der Waals surface area contributed by atoms with E-state index in [1.165, 1.54) is 5.56 Å². The first kappa shape index (κ1) is 20.4. The molecule has 4 rings (SSSR count). The molecule has 1 saturated heterocycles. The van der Waals surface area contributed by atoms with Crippen LogP contribution in [0.15, 0.2) is 53.3 Å². The molecule has 0 aliphatic carbocycles. The molecule has 154 valence electrons. The maximum absolute atomic E-state index is 12.7. The lowest BCUT2D eigenvalue weighted by Crippen LogP contribution is -2.43. The minimum atomic E-state index is -0.0978. The number of aromatic amines is 1. The summed E-state index contributed by atoms with van der Waals surface area (Å²) in [6, 6.07) is 16.1. The molecule has 3 aromatic rings. The summed E-state index contributed by atoms with van der Waals surface area (Å²) in [5, 5.41) is 1.51. The Labute approximate surface area is 177 Å². The number of ether oxygens (including phenoxy) is 1. The maximum Gasteiger partial charge on any atom is 0.256 e. The normalized spacial score (nSPS) is 15.1. The number of hydrogen-bond donors (Lipinski definition) is 1. The fourth-order valence-corrected chi connectivity index (χ4v) is 3.81. The number of nitrogens with zero attached hydrogens (tertiary/aromatic N) is 2. The van der Waals surface area contributed by atoms with Crippen molar-refractivity contribution in [2.75, 3.05) is 46.9 Å². The maximum atomic E-state index is 12.7. The summed E-state index contributed by atoms with van der Waals surface area (Å²) in [5.74, 6) is 6.09. The summed E-state index contributed by atoms with van der Waals surface area (Å²) in [6.45, 7) is 5.76. The van der Waals surface area contributed by atoms with Gasteiger partial charge in [0.1, 0.15) is 6.61 Å². The van der Waals surface area contributed by atoms with Gasteiger partial charge in [-0.05, 0) is 36.4 Å². The molecule has 1 aliphatic rings. The minimum absolute atomic E-state index is 0.0978. The van der Waals surface area contributed by atoms with Crippen LogP contribution in [0.1, 0.15) is 11.1 Å². The largest absolute Gasteiger partial charge is 0.372 e. The van der Waals surface area contributed by atoms with Crippen molar-refractivity contribution in [3.8, 4) is 23.1 Å². The lowest BCUT2D eigenvalue weighted by atomic mass is 10.0. The van der Waals surface area contributed by atoms with Crippen LogP contribution in [0.5, 0.6) is 0 Å². The summed E-state index contributed by atoms with van der Waals surface area (Å²) >= 11 is 0. The molecule has 0 spiro atoms. The third-order valence-corrected chi connectivity index (χ3v) is 5.59. The Morgan fingerprint density at radius 1 is 1.03 bits per heavy atom. The minimum Gasteiger partial charge on any atom is -0.372 e. The van der Waals surface area contributed by atoms with E-state index in [9.17, 15) is 4.79 Å². The van der Waals surface area contributed by atoms with Gasteiger partial charge in [0.15, 0.2) is 0 Å². The number of benzene rings is 2.